The summed E-state index contributed by atoms with van der Waals surface area (Å²) in [6, 6.07) is 3.46. The van der Waals surface area contributed by atoms with Crippen molar-refractivity contribution >= 4 is 17.7 Å². The van der Waals surface area contributed by atoms with E-state index in [1.807, 2.05) is 11.8 Å². The second kappa shape index (κ2) is 5.61. The van der Waals surface area contributed by atoms with Crippen LogP contribution in [-0.4, -0.2) is 40.0 Å². The SMILES string of the molecule is CCC1CN(C(=O)c2cc(F)ccc2O)CCS1. The number of carbonyl (C=O) groups is 1. The average molecular weight is 269 g/mol. The molecule has 1 fully saturated rings. The Labute approximate surface area is 110 Å². The number of amides is 1. The first-order valence-electron chi connectivity index (χ1n) is 6.01. The van der Waals surface area contributed by atoms with Gasteiger partial charge in [-0.15, -0.1) is 0 Å². The number of benzene rings is 1. The maximum Gasteiger partial charge on any atom is 0.257 e. The number of hydrogen-bond acceptors (Lipinski definition) is 3. The fourth-order valence-corrected chi connectivity index (χ4v) is 3.18. The molecular formula is C13H16FNO2S. The van der Waals surface area contributed by atoms with Crippen molar-refractivity contribution in [3.8, 4) is 5.75 Å². The van der Waals surface area contributed by atoms with E-state index < -0.39 is 5.82 Å². The Kier molecular flexibility index (Phi) is 4.11. The van der Waals surface area contributed by atoms with E-state index in [4.69, 9.17) is 0 Å². The maximum atomic E-state index is 13.1. The molecule has 18 heavy (non-hydrogen) atoms. The van der Waals surface area contributed by atoms with Crippen LogP contribution in [0.5, 0.6) is 5.75 Å². The zero-order chi connectivity index (χ0) is 13.1. The molecule has 1 aliphatic heterocycles. The molecule has 0 aromatic heterocycles. The largest absolute Gasteiger partial charge is 0.507 e. The van der Waals surface area contributed by atoms with Crippen molar-refractivity contribution < 1.29 is 14.3 Å². The molecule has 1 aromatic carbocycles. The number of nitrogens with zero attached hydrogens (tertiary/aromatic N) is 1. The molecule has 0 saturated carbocycles. The van der Waals surface area contributed by atoms with Gasteiger partial charge in [0, 0.05) is 24.1 Å². The predicted octanol–water partition coefficient (Wildman–Crippen LogP) is 2.50. The molecule has 1 atom stereocenters. The first kappa shape index (κ1) is 13.2. The first-order chi connectivity index (χ1) is 8.61. The summed E-state index contributed by atoms with van der Waals surface area (Å²) in [6.07, 6.45) is 1.00. The quantitative estimate of drug-likeness (QED) is 0.896. The van der Waals surface area contributed by atoms with Crippen LogP contribution in [0.1, 0.15) is 23.7 Å². The fourth-order valence-electron chi connectivity index (χ4n) is 2.00. The highest BCUT2D eigenvalue weighted by Crippen LogP contribution is 2.25. The van der Waals surface area contributed by atoms with Crippen LogP contribution in [0.4, 0.5) is 4.39 Å². The van der Waals surface area contributed by atoms with Crippen molar-refractivity contribution in [3.05, 3.63) is 29.6 Å². The van der Waals surface area contributed by atoms with Gasteiger partial charge < -0.3 is 10.0 Å². The van der Waals surface area contributed by atoms with Gasteiger partial charge in [-0.05, 0) is 24.6 Å². The number of carbonyl (C=O) groups excluding carboxylic acids is 1. The van der Waals surface area contributed by atoms with E-state index in [2.05, 4.69) is 6.92 Å². The Morgan fingerprint density at radius 2 is 2.39 bits per heavy atom. The van der Waals surface area contributed by atoms with Crippen LogP contribution in [0.25, 0.3) is 0 Å². The maximum absolute atomic E-state index is 13.1. The average Bonchev–Trinajstić information content (AvgIpc) is 2.41. The molecule has 0 spiro atoms. The number of aromatic hydroxyl groups is 1. The van der Waals surface area contributed by atoms with E-state index in [0.717, 1.165) is 24.3 Å². The summed E-state index contributed by atoms with van der Waals surface area (Å²) in [5.74, 6) is -0.0617. The lowest BCUT2D eigenvalue weighted by Gasteiger charge is -2.32. The van der Waals surface area contributed by atoms with Gasteiger partial charge in [0.25, 0.3) is 5.91 Å². The van der Waals surface area contributed by atoms with Gasteiger partial charge in [-0.25, -0.2) is 4.39 Å². The zero-order valence-corrected chi connectivity index (χ0v) is 11.0. The van der Waals surface area contributed by atoms with Gasteiger partial charge in [0.15, 0.2) is 0 Å². The minimum atomic E-state index is -0.505. The fraction of sp³-hybridized carbons (Fsp3) is 0.462. The Hall–Kier alpha value is -1.23. The van der Waals surface area contributed by atoms with Gasteiger partial charge in [0.05, 0.1) is 5.56 Å². The molecule has 98 valence electrons. The van der Waals surface area contributed by atoms with E-state index in [0.29, 0.717) is 18.3 Å². The van der Waals surface area contributed by atoms with E-state index in [-0.39, 0.29) is 17.2 Å². The van der Waals surface area contributed by atoms with Gasteiger partial charge >= 0.3 is 0 Å². The topological polar surface area (TPSA) is 40.5 Å². The van der Waals surface area contributed by atoms with Crippen LogP contribution in [0.15, 0.2) is 18.2 Å². The van der Waals surface area contributed by atoms with Crippen LogP contribution in [0.3, 0.4) is 0 Å². The lowest BCUT2D eigenvalue weighted by molar-refractivity contribution is 0.0757. The molecule has 3 nitrogen and oxygen atoms in total. The highest BCUT2D eigenvalue weighted by molar-refractivity contribution is 8.00. The molecule has 1 heterocycles. The van der Waals surface area contributed by atoms with E-state index in [1.54, 1.807) is 4.90 Å². The molecular weight excluding hydrogens is 253 g/mol. The summed E-state index contributed by atoms with van der Waals surface area (Å²) < 4.78 is 13.1. The number of phenolic OH excluding ortho intramolecular Hbond substituents is 1. The van der Waals surface area contributed by atoms with E-state index in [9.17, 15) is 14.3 Å². The molecule has 2 rings (SSSR count). The zero-order valence-electron chi connectivity index (χ0n) is 10.2. The molecule has 0 aliphatic carbocycles. The van der Waals surface area contributed by atoms with Crippen LogP contribution >= 0.6 is 11.8 Å². The molecule has 0 radical (unpaired) electrons. The summed E-state index contributed by atoms with van der Waals surface area (Å²) in [7, 11) is 0. The predicted molar refractivity (Wildman–Crippen MR) is 70.5 cm³/mol. The minimum absolute atomic E-state index is 0.0525. The van der Waals surface area contributed by atoms with Gasteiger partial charge in [-0.1, -0.05) is 6.92 Å². The van der Waals surface area contributed by atoms with Crippen molar-refractivity contribution in [2.75, 3.05) is 18.8 Å². The number of hydrogen-bond donors (Lipinski definition) is 1. The Morgan fingerprint density at radius 1 is 1.61 bits per heavy atom. The van der Waals surface area contributed by atoms with Crippen LogP contribution < -0.4 is 0 Å². The van der Waals surface area contributed by atoms with Gasteiger partial charge in [-0.2, -0.15) is 11.8 Å². The Bertz CT molecular complexity index is 453. The molecule has 1 aromatic rings. The van der Waals surface area contributed by atoms with Crippen molar-refractivity contribution in [3.63, 3.8) is 0 Å². The third-order valence-electron chi connectivity index (χ3n) is 3.07. The highest BCUT2D eigenvalue weighted by Gasteiger charge is 2.25. The molecule has 0 bridgehead atoms. The van der Waals surface area contributed by atoms with Crippen LogP contribution in [0.2, 0.25) is 0 Å². The summed E-state index contributed by atoms with van der Waals surface area (Å²) in [5, 5.41) is 10.1. The number of thioether (sulfide) groups is 1. The monoisotopic (exact) mass is 269 g/mol. The second-order valence-electron chi connectivity index (χ2n) is 4.31. The van der Waals surface area contributed by atoms with E-state index >= 15 is 0 Å². The molecule has 1 unspecified atom stereocenters. The summed E-state index contributed by atoms with van der Waals surface area (Å²) in [6.45, 7) is 3.40. The van der Waals surface area contributed by atoms with E-state index in [1.165, 1.54) is 6.07 Å². The summed E-state index contributed by atoms with van der Waals surface area (Å²) >= 11 is 1.86. The third kappa shape index (κ3) is 2.77. The van der Waals surface area contributed by atoms with Crippen molar-refractivity contribution in [1.29, 1.82) is 0 Å². The standard InChI is InChI=1S/C13H16FNO2S/c1-2-10-8-15(5-6-18-10)13(17)11-7-9(14)3-4-12(11)16/h3-4,7,10,16H,2,5-6,8H2,1H3. The lowest BCUT2D eigenvalue weighted by atomic mass is 10.1. The van der Waals surface area contributed by atoms with Crippen molar-refractivity contribution in [2.45, 2.75) is 18.6 Å². The van der Waals surface area contributed by atoms with Crippen molar-refractivity contribution in [1.82, 2.24) is 4.90 Å². The smallest absolute Gasteiger partial charge is 0.257 e. The summed E-state index contributed by atoms with van der Waals surface area (Å²) in [5.41, 5.74) is 0.0525. The lowest BCUT2D eigenvalue weighted by Crippen LogP contribution is -2.41. The number of halogens is 1. The van der Waals surface area contributed by atoms with Crippen LogP contribution in [-0.2, 0) is 0 Å². The Morgan fingerprint density at radius 3 is 3.11 bits per heavy atom. The highest BCUT2D eigenvalue weighted by atomic mass is 32.2. The van der Waals surface area contributed by atoms with Gasteiger partial charge in [0.2, 0.25) is 0 Å². The van der Waals surface area contributed by atoms with Gasteiger partial charge in [-0.3, -0.25) is 4.79 Å². The van der Waals surface area contributed by atoms with Gasteiger partial charge in [0.1, 0.15) is 11.6 Å². The number of rotatable bonds is 2. The molecule has 1 aliphatic rings. The van der Waals surface area contributed by atoms with Crippen molar-refractivity contribution in [2.24, 2.45) is 0 Å². The number of phenols is 1. The minimum Gasteiger partial charge on any atom is -0.507 e. The molecule has 1 amide bonds. The van der Waals surface area contributed by atoms with Crippen LogP contribution in [0, 0.1) is 5.82 Å². The molecule has 5 heteroatoms. The molecule has 1 saturated heterocycles. The Balaban J connectivity index is 2.17. The molecule has 1 N–H and O–H groups in total. The first-order valence-corrected chi connectivity index (χ1v) is 7.06. The third-order valence-corrected chi connectivity index (χ3v) is 4.44. The summed E-state index contributed by atoms with van der Waals surface area (Å²) in [4.78, 5) is 13.9. The normalized spacial score (nSPS) is 19.9. The second-order valence-corrected chi connectivity index (χ2v) is 5.72.